The second-order valence-electron chi connectivity index (χ2n) is 5.80. The molecule has 0 N–H and O–H groups in total. The number of aromatic nitrogens is 2. The lowest BCUT2D eigenvalue weighted by Crippen LogP contribution is -2.34. The van der Waals surface area contributed by atoms with Gasteiger partial charge >= 0.3 is 0 Å². The zero-order valence-corrected chi connectivity index (χ0v) is 13.6. The summed E-state index contributed by atoms with van der Waals surface area (Å²) in [6.45, 7) is 3.49. The quantitative estimate of drug-likeness (QED) is 0.716. The molecule has 23 heavy (non-hydrogen) atoms. The van der Waals surface area contributed by atoms with Gasteiger partial charge in [-0.2, -0.15) is 5.26 Å². The van der Waals surface area contributed by atoms with Gasteiger partial charge in [0.1, 0.15) is 6.07 Å². The average Bonchev–Trinajstić information content (AvgIpc) is 3.18. The highest BCUT2D eigenvalue weighted by Crippen LogP contribution is 2.35. The van der Waals surface area contributed by atoms with Gasteiger partial charge in [-0.05, 0) is 25.0 Å². The molecular weight excluding hydrogens is 308 g/mol. The minimum Gasteiger partial charge on any atom is -0.424 e. The van der Waals surface area contributed by atoms with E-state index in [2.05, 4.69) is 28.1 Å². The van der Waals surface area contributed by atoms with Gasteiger partial charge in [-0.25, -0.2) is 9.97 Å². The van der Waals surface area contributed by atoms with Crippen LogP contribution in [0, 0.1) is 18.3 Å². The molecule has 0 bridgehead atoms. The Morgan fingerprint density at radius 2 is 2.22 bits per heavy atom. The maximum Gasteiger partial charge on any atom is 0.234 e. The summed E-state index contributed by atoms with van der Waals surface area (Å²) in [5.41, 5.74) is 1.45. The molecule has 3 aromatic rings. The van der Waals surface area contributed by atoms with Crippen LogP contribution in [0.3, 0.4) is 0 Å². The number of thiazole rings is 1. The number of piperidine rings is 1. The molecule has 3 heterocycles. The second-order valence-corrected chi connectivity index (χ2v) is 6.87. The molecule has 1 aliphatic heterocycles. The van der Waals surface area contributed by atoms with Gasteiger partial charge in [-0.3, -0.25) is 0 Å². The molecule has 6 heteroatoms. The second kappa shape index (κ2) is 5.67. The van der Waals surface area contributed by atoms with Crippen LogP contribution in [0.25, 0.3) is 10.2 Å². The van der Waals surface area contributed by atoms with Crippen molar-refractivity contribution in [2.24, 2.45) is 0 Å². The third-order valence-electron chi connectivity index (χ3n) is 4.19. The molecule has 1 fully saturated rings. The van der Waals surface area contributed by atoms with E-state index in [4.69, 9.17) is 9.40 Å². The monoisotopic (exact) mass is 324 g/mol. The number of aryl methyl sites for hydroxylation is 1. The van der Waals surface area contributed by atoms with Gasteiger partial charge in [0.05, 0.1) is 15.2 Å². The Balaban J connectivity index is 1.63. The first-order valence-corrected chi connectivity index (χ1v) is 8.54. The predicted molar refractivity (Wildman–Crippen MR) is 89.8 cm³/mol. The van der Waals surface area contributed by atoms with Crippen LogP contribution in [0.15, 0.2) is 28.7 Å². The van der Waals surface area contributed by atoms with Gasteiger partial charge in [-0.15, -0.1) is 11.3 Å². The molecule has 1 unspecified atom stereocenters. The van der Waals surface area contributed by atoms with Crippen molar-refractivity contribution in [1.29, 1.82) is 5.26 Å². The van der Waals surface area contributed by atoms with E-state index in [9.17, 15) is 5.26 Å². The van der Waals surface area contributed by atoms with E-state index in [1.807, 2.05) is 12.1 Å². The van der Waals surface area contributed by atoms with Crippen LogP contribution >= 0.6 is 11.3 Å². The van der Waals surface area contributed by atoms with Gasteiger partial charge in [0.2, 0.25) is 11.6 Å². The van der Waals surface area contributed by atoms with Crippen LogP contribution in [-0.2, 0) is 0 Å². The SMILES string of the molecule is Cc1nc(C#N)c(N2CCCC(c3nc4ccccc4s3)C2)o1. The van der Waals surface area contributed by atoms with E-state index in [0.717, 1.165) is 31.4 Å². The van der Waals surface area contributed by atoms with Crippen molar-refractivity contribution in [3.63, 3.8) is 0 Å². The highest BCUT2D eigenvalue weighted by atomic mass is 32.1. The lowest BCUT2D eigenvalue weighted by molar-refractivity contribution is 0.453. The number of nitriles is 1. The zero-order valence-electron chi connectivity index (χ0n) is 12.8. The highest BCUT2D eigenvalue weighted by molar-refractivity contribution is 7.18. The number of para-hydroxylation sites is 1. The van der Waals surface area contributed by atoms with Crippen molar-refractivity contribution in [3.8, 4) is 6.07 Å². The molecule has 4 rings (SSSR count). The topological polar surface area (TPSA) is 66.0 Å². The number of hydrogen-bond donors (Lipinski definition) is 0. The maximum atomic E-state index is 9.23. The molecule has 1 atom stereocenters. The Bertz CT molecular complexity index is 859. The Kier molecular flexibility index (Phi) is 3.50. The molecule has 1 saturated heterocycles. The van der Waals surface area contributed by atoms with Crippen molar-refractivity contribution >= 4 is 27.4 Å². The predicted octanol–water partition coefficient (Wildman–Crippen LogP) is 3.85. The van der Waals surface area contributed by atoms with Crippen LogP contribution in [0.2, 0.25) is 0 Å². The number of hydrogen-bond acceptors (Lipinski definition) is 6. The molecule has 1 aliphatic rings. The van der Waals surface area contributed by atoms with Crippen LogP contribution in [0.1, 0.15) is 35.4 Å². The van der Waals surface area contributed by atoms with Crippen molar-refractivity contribution < 1.29 is 4.42 Å². The number of benzene rings is 1. The van der Waals surface area contributed by atoms with Gasteiger partial charge in [0.25, 0.3) is 0 Å². The molecule has 1 aromatic carbocycles. The molecule has 2 aromatic heterocycles. The number of rotatable bonds is 2. The summed E-state index contributed by atoms with van der Waals surface area (Å²) in [6.07, 6.45) is 2.18. The molecule has 5 nitrogen and oxygen atoms in total. The lowest BCUT2D eigenvalue weighted by Gasteiger charge is -2.31. The normalized spacial score (nSPS) is 18.3. The van der Waals surface area contributed by atoms with Crippen LogP contribution in [-0.4, -0.2) is 23.1 Å². The Morgan fingerprint density at radius 3 is 3.04 bits per heavy atom. The highest BCUT2D eigenvalue weighted by Gasteiger charge is 2.28. The van der Waals surface area contributed by atoms with Crippen LogP contribution < -0.4 is 4.90 Å². The Morgan fingerprint density at radius 1 is 1.35 bits per heavy atom. The molecule has 0 amide bonds. The van der Waals surface area contributed by atoms with Crippen molar-refractivity contribution in [1.82, 2.24) is 9.97 Å². The van der Waals surface area contributed by atoms with Gasteiger partial charge in [0, 0.05) is 25.9 Å². The van der Waals surface area contributed by atoms with E-state index in [-0.39, 0.29) is 0 Å². The Labute approximate surface area is 138 Å². The van der Waals surface area contributed by atoms with Gasteiger partial charge in [0.15, 0.2) is 5.89 Å². The fourth-order valence-corrected chi connectivity index (χ4v) is 4.22. The smallest absolute Gasteiger partial charge is 0.234 e. The number of fused-ring (bicyclic) bond motifs is 1. The first kappa shape index (κ1) is 14.2. The first-order chi connectivity index (χ1) is 11.2. The minimum atomic E-state index is 0.373. The van der Waals surface area contributed by atoms with E-state index in [1.165, 1.54) is 9.71 Å². The number of nitrogens with zero attached hydrogens (tertiary/aromatic N) is 4. The fraction of sp³-hybridized carbons (Fsp3) is 0.353. The number of anilines is 1. The summed E-state index contributed by atoms with van der Waals surface area (Å²) in [4.78, 5) is 11.1. The molecular formula is C17H16N4OS. The molecule has 0 aliphatic carbocycles. The van der Waals surface area contributed by atoms with Gasteiger partial charge in [-0.1, -0.05) is 12.1 Å². The fourth-order valence-electron chi connectivity index (χ4n) is 3.13. The molecule has 0 radical (unpaired) electrons. The van der Waals surface area contributed by atoms with Crippen LogP contribution in [0.5, 0.6) is 0 Å². The first-order valence-electron chi connectivity index (χ1n) is 7.72. The summed E-state index contributed by atoms with van der Waals surface area (Å²) < 4.78 is 6.89. The zero-order chi connectivity index (χ0) is 15.8. The van der Waals surface area contributed by atoms with E-state index >= 15 is 0 Å². The summed E-state index contributed by atoms with van der Waals surface area (Å²) >= 11 is 1.77. The lowest BCUT2D eigenvalue weighted by atomic mass is 9.99. The van der Waals surface area contributed by atoms with E-state index in [0.29, 0.717) is 23.4 Å². The summed E-state index contributed by atoms with van der Waals surface area (Å²) in [5.74, 6) is 1.52. The molecule has 116 valence electrons. The van der Waals surface area contributed by atoms with Crippen molar-refractivity contribution in [2.75, 3.05) is 18.0 Å². The van der Waals surface area contributed by atoms with Crippen molar-refractivity contribution in [2.45, 2.75) is 25.7 Å². The van der Waals surface area contributed by atoms with Gasteiger partial charge < -0.3 is 9.32 Å². The largest absolute Gasteiger partial charge is 0.424 e. The standard InChI is InChI=1S/C17H16N4OS/c1-11-19-14(9-18)17(22-11)21-8-4-5-12(10-21)16-20-13-6-2-3-7-15(13)23-16/h2-3,6-7,12H,4-5,8,10H2,1H3. The average molecular weight is 324 g/mol. The summed E-state index contributed by atoms with van der Waals surface area (Å²) in [7, 11) is 0. The van der Waals surface area contributed by atoms with E-state index < -0.39 is 0 Å². The Hall–Kier alpha value is -2.39. The molecule has 0 saturated carbocycles. The summed E-state index contributed by atoms with van der Waals surface area (Å²) in [5, 5.41) is 10.4. The summed E-state index contributed by atoms with van der Waals surface area (Å²) in [6, 6.07) is 10.4. The minimum absolute atomic E-state index is 0.373. The number of oxazole rings is 1. The van der Waals surface area contributed by atoms with E-state index in [1.54, 1.807) is 18.3 Å². The van der Waals surface area contributed by atoms with Crippen molar-refractivity contribution in [3.05, 3.63) is 40.9 Å². The molecule has 0 spiro atoms. The van der Waals surface area contributed by atoms with Crippen LogP contribution in [0.4, 0.5) is 5.88 Å². The third kappa shape index (κ3) is 2.57. The maximum absolute atomic E-state index is 9.23. The third-order valence-corrected chi connectivity index (χ3v) is 5.39.